The molecular formula is C14H18N2O5. The number of rotatable bonds is 5. The third-order valence-corrected chi connectivity index (χ3v) is 3.38. The van der Waals surface area contributed by atoms with Crippen LogP contribution in [-0.4, -0.2) is 54.9 Å². The van der Waals surface area contributed by atoms with Gasteiger partial charge in [-0.25, -0.2) is 14.6 Å². The summed E-state index contributed by atoms with van der Waals surface area (Å²) in [6, 6.07) is 3.37. The molecule has 0 saturated carbocycles. The first-order chi connectivity index (χ1) is 10.1. The number of nitrogens with zero attached hydrogens (tertiary/aromatic N) is 2. The molecule has 7 nitrogen and oxygen atoms in total. The van der Waals surface area contributed by atoms with E-state index in [-0.39, 0.29) is 12.7 Å². The van der Waals surface area contributed by atoms with Crippen molar-refractivity contribution in [2.75, 3.05) is 31.7 Å². The summed E-state index contributed by atoms with van der Waals surface area (Å²) in [7, 11) is 1.34. The lowest BCUT2D eigenvalue weighted by atomic mass is 10.1. The number of esters is 1. The zero-order valence-corrected chi connectivity index (χ0v) is 11.8. The van der Waals surface area contributed by atoms with Crippen LogP contribution in [0.25, 0.3) is 0 Å². The van der Waals surface area contributed by atoms with Gasteiger partial charge in [-0.05, 0) is 25.0 Å². The number of aromatic nitrogens is 1. The molecule has 1 N–H and O–H groups in total. The molecule has 1 saturated heterocycles. The van der Waals surface area contributed by atoms with Gasteiger partial charge < -0.3 is 19.5 Å². The Kier molecular flexibility index (Phi) is 5.10. The highest BCUT2D eigenvalue weighted by molar-refractivity contribution is 5.94. The van der Waals surface area contributed by atoms with Crippen LogP contribution in [0.5, 0.6) is 0 Å². The third kappa shape index (κ3) is 3.91. The predicted octanol–water partition coefficient (Wildman–Crippen LogP) is 0.938. The van der Waals surface area contributed by atoms with E-state index in [1.54, 1.807) is 18.3 Å². The summed E-state index contributed by atoms with van der Waals surface area (Å²) in [5.74, 6) is -0.779. The number of carboxylic acid groups (broad SMARTS) is 1. The van der Waals surface area contributed by atoms with Crippen molar-refractivity contribution in [2.45, 2.75) is 18.9 Å². The van der Waals surface area contributed by atoms with Crippen LogP contribution >= 0.6 is 0 Å². The molecule has 1 aliphatic rings. The highest BCUT2D eigenvalue weighted by Gasteiger charge is 2.24. The van der Waals surface area contributed by atoms with Crippen molar-refractivity contribution >= 4 is 17.8 Å². The minimum Gasteiger partial charge on any atom is -0.480 e. The van der Waals surface area contributed by atoms with E-state index in [9.17, 15) is 9.59 Å². The fourth-order valence-corrected chi connectivity index (χ4v) is 2.34. The Morgan fingerprint density at radius 2 is 2.14 bits per heavy atom. The Bertz CT molecular complexity index is 512. The van der Waals surface area contributed by atoms with Crippen molar-refractivity contribution in [3.05, 3.63) is 23.9 Å². The number of carbonyl (C=O) groups excluding carboxylic acids is 1. The normalized spacial score (nSPS) is 15.8. The van der Waals surface area contributed by atoms with E-state index in [0.717, 1.165) is 0 Å². The minimum atomic E-state index is -0.963. The van der Waals surface area contributed by atoms with Crippen molar-refractivity contribution < 1.29 is 24.2 Å². The van der Waals surface area contributed by atoms with Crippen LogP contribution in [0.15, 0.2) is 18.3 Å². The molecule has 0 atom stereocenters. The fraction of sp³-hybridized carbons (Fsp3) is 0.500. The van der Waals surface area contributed by atoms with Gasteiger partial charge in [0.2, 0.25) is 0 Å². The molecule has 0 aliphatic carbocycles. The first kappa shape index (κ1) is 15.2. The van der Waals surface area contributed by atoms with Gasteiger partial charge in [0.1, 0.15) is 18.0 Å². The molecule has 1 aliphatic heterocycles. The molecule has 0 unspecified atom stereocenters. The highest BCUT2D eigenvalue weighted by atomic mass is 16.5. The Hall–Kier alpha value is -2.15. The molecular weight excluding hydrogens is 276 g/mol. The predicted molar refractivity (Wildman–Crippen MR) is 74.4 cm³/mol. The molecule has 0 aromatic carbocycles. The number of carboxylic acids is 1. The van der Waals surface area contributed by atoms with E-state index < -0.39 is 11.9 Å². The first-order valence-electron chi connectivity index (χ1n) is 6.73. The molecule has 1 fully saturated rings. The number of carbonyl (C=O) groups is 2. The number of aliphatic carboxylic acids is 1. The van der Waals surface area contributed by atoms with Crippen LogP contribution in [0.3, 0.4) is 0 Å². The standard InChI is InChI=1S/C14H18N2O5/c1-20-14(19)11-3-2-6-15-13(11)16-7-4-10(5-8-16)21-9-12(17)18/h2-3,6,10H,4-5,7-9H2,1H3,(H,17,18). The monoisotopic (exact) mass is 294 g/mol. The average Bonchev–Trinajstić information content (AvgIpc) is 2.52. The molecule has 21 heavy (non-hydrogen) atoms. The topological polar surface area (TPSA) is 89.0 Å². The van der Waals surface area contributed by atoms with Crippen molar-refractivity contribution in [3.63, 3.8) is 0 Å². The lowest BCUT2D eigenvalue weighted by Crippen LogP contribution is -2.38. The second kappa shape index (κ2) is 7.03. The second-order valence-electron chi connectivity index (χ2n) is 4.76. The maximum Gasteiger partial charge on any atom is 0.341 e. The zero-order chi connectivity index (χ0) is 15.2. The Labute approximate surface area is 122 Å². The molecule has 0 radical (unpaired) electrons. The van der Waals surface area contributed by atoms with Gasteiger partial charge in [-0.3, -0.25) is 0 Å². The van der Waals surface area contributed by atoms with Gasteiger partial charge >= 0.3 is 11.9 Å². The van der Waals surface area contributed by atoms with Gasteiger partial charge in [-0.2, -0.15) is 0 Å². The van der Waals surface area contributed by atoms with Gasteiger partial charge in [0.25, 0.3) is 0 Å². The molecule has 7 heteroatoms. The Morgan fingerprint density at radius 3 is 2.76 bits per heavy atom. The van der Waals surface area contributed by atoms with E-state index >= 15 is 0 Å². The zero-order valence-electron chi connectivity index (χ0n) is 11.8. The van der Waals surface area contributed by atoms with Crippen LogP contribution in [0.2, 0.25) is 0 Å². The Balaban J connectivity index is 1.99. The van der Waals surface area contributed by atoms with E-state index in [2.05, 4.69) is 4.98 Å². The summed E-state index contributed by atoms with van der Waals surface area (Å²) in [6.07, 6.45) is 2.96. The van der Waals surface area contributed by atoms with Crippen LogP contribution < -0.4 is 4.90 Å². The number of anilines is 1. The van der Waals surface area contributed by atoms with Gasteiger partial charge in [0.15, 0.2) is 0 Å². The van der Waals surface area contributed by atoms with Gasteiger partial charge in [-0.15, -0.1) is 0 Å². The summed E-state index contributed by atoms with van der Waals surface area (Å²) < 4.78 is 10.0. The van der Waals surface area contributed by atoms with Gasteiger partial charge in [0, 0.05) is 19.3 Å². The SMILES string of the molecule is COC(=O)c1cccnc1N1CCC(OCC(=O)O)CC1. The van der Waals surface area contributed by atoms with E-state index in [1.807, 2.05) is 4.90 Å². The summed E-state index contributed by atoms with van der Waals surface area (Å²) in [6.45, 7) is 1.04. The number of ether oxygens (including phenoxy) is 2. The fourth-order valence-electron chi connectivity index (χ4n) is 2.34. The lowest BCUT2D eigenvalue weighted by molar-refractivity contribution is -0.144. The van der Waals surface area contributed by atoms with Crippen LogP contribution in [0, 0.1) is 0 Å². The molecule has 2 rings (SSSR count). The summed E-state index contributed by atoms with van der Waals surface area (Å²) >= 11 is 0. The number of piperidine rings is 1. The maximum absolute atomic E-state index is 11.7. The van der Waals surface area contributed by atoms with Crippen molar-refractivity contribution in [2.24, 2.45) is 0 Å². The first-order valence-corrected chi connectivity index (χ1v) is 6.73. The average molecular weight is 294 g/mol. The smallest absolute Gasteiger partial charge is 0.341 e. The third-order valence-electron chi connectivity index (χ3n) is 3.38. The maximum atomic E-state index is 11.7. The van der Waals surface area contributed by atoms with Crippen LogP contribution in [0.1, 0.15) is 23.2 Å². The van der Waals surface area contributed by atoms with Crippen LogP contribution in [0.4, 0.5) is 5.82 Å². The van der Waals surface area contributed by atoms with Crippen molar-refractivity contribution in [3.8, 4) is 0 Å². The molecule has 1 aromatic heterocycles. The molecule has 0 spiro atoms. The van der Waals surface area contributed by atoms with Gasteiger partial charge in [0.05, 0.1) is 13.2 Å². The minimum absolute atomic E-state index is 0.0670. The summed E-state index contributed by atoms with van der Waals surface area (Å²) in [5.41, 5.74) is 0.435. The molecule has 0 bridgehead atoms. The lowest BCUT2D eigenvalue weighted by Gasteiger charge is -2.33. The van der Waals surface area contributed by atoms with Crippen LogP contribution in [-0.2, 0) is 14.3 Å². The number of methoxy groups -OCH3 is 1. The van der Waals surface area contributed by atoms with Gasteiger partial charge in [-0.1, -0.05) is 0 Å². The second-order valence-corrected chi connectivity index (χ2v) is 4.76. The quantitative estimate of drug-likeness (QED) is 0.808. The Morgan fingerprint density at radius 1 is 1.43 bits per heavy atom. The number of pyridine rings is 1. The molecule has 0 amide bonds. The molecule has 1 aromatic rings. The summed E-state index contributed by atoms with van der Waals surface area (Å²) in [5, 5.41) is 8.60. The van der Waals surface area contributed by atoms with E-state index in [1.165, 1.54) is 7.11 Å². The largest absolute Gasteiger partial charge is 0.480 e. The molecule has 2 heterocycles. The number of hydrogen-bond acceptors (Lipinski definition) is 6. The van der Waals surface area contributed by atoms with Crippen molar-refractivity contribution in [1.82, 2.24) is 4.98 Å². The van der Waals surface area contributed by atoms with E-state index in [4.69, 9.17) is 14.6 Å². The summed E-state index contributed by atoms with van der Waals surface area (Å²) in [4.78, 5) is 28.5. The van der Waals surface area contributed by atoms with E-state index in [0.29, 0.717) is 37.3 Å². The molecule has 114 valence electrons. The van der Waals surface area contributed by atoms with Crippen molar-refractivity contribution in [1.29, 1.82) is 0 Å². The highest BCUT2D eigenvalue weighted by Crippen LogP contribution is 2.23. The number of hydrogen-bond donors (Lipinski definition) is 1.